The molecule has 0 amide bonds. The van der Waals surface area contributed by atoms with Gasteiger partial charge in [0.25, 0.3) is 5.60 Å². The number of rotatable bonds is 3. The van der Waals surface area contributed by atoms with Crippen molar-refractivity contribution < 1.29 is 44.6 Å². The van der Waals surface area contributed by atoms with E-state index in [0.29, 0.717) is 0 Å². The molecule has 0 radical (unpaired) electrons. The zero-order valence-corrected chi connectivity index (χ0v) is 7.65. The van der Waals surface area contributed by atoms with Crippen molar-refractivity contribution in [1.82, 2.24) is 0 Å². The Kier molecular flexibility index (Phi) is 2.92. The third-order valence-corrected chi connectivity index (χ3v) is 1.97. The smallest absolute Gasteiger partial charge is 0.478 e. The van der Waals surface area contributed by atoms with Crippen LogP contribution in [0.4, 0.5) is 4.79 Å². The molecule has 0 fully saturated rings. The van der Waals surface area contributed by atoms with Gasteiger partial charge in [-0.25, -0.2) is 9.59 Å². The molecule has 0 aromatic rings. The van der Waals surface area contributed by atoms with Crippen LogP contribution in [0.15, 0.2) is 11.7 Å². The fourth-order valence-electron chi connectivity index (χ4n) is 1.15. The van der Waals surface area contributed by atoms with Gasteiger partial charge in [0.05, 0.1) is 6.61 Å². The van der Waals surface area contributed by atoms with E-state index in [0.717, 1.165) is 0 Å². The van der Waals surface area contributed by atoms with Crippen molar-refractivity contribution in [1.29, 1.82) is 0 Å². The van der Waals surface area contributed by atoms with Gasteiger partial charge in [0.1, 0.15) is 0 Å². The number of aliphatic hydroxyl groups excluding tert-OH is 3. The molecule has 0 saturated carbocycles. The SMILES string of the molecule is O=C(O)OC1=C(O)O[C@@](CO)(C(=O)O)[C@@H]1O. The summed E-state index contributed by atoms with van der Waals surface area (Å²) < 4.78 is 8.27. The summed E-state index contributed by atoms with van der Waals surface area (Å²) >= 11 is 0. The van der Waals surface area contributed by atoms with E-state index in [1.807, 2.05) is 0 Å². The first-order valence-corrected chi connectivity index (χ1v) is 3.90. The average Bonchev–Trinajstić information content (AvgIpc) is 2.42. The number of aliphatic hydroxyl groups is 3. The lowest BCUT2D eigenvalue weighted by Crippen LogP contribution is -2.52. The lowest BCUT2D eigenvalue weighted by Gasteiger charge is -2.24. The van der Waals surface area contributed by atoms with Crippen LogP contribution in [0, 0.1) is 0 Å². The summed E-state index contributed by atoms with van der Waals surface area (Å²) in [5.74, 6) is -3.96. The zero-order chi connectivity index (χ0) is 12.5. The van der Waals surface area contributed by atoms with Crippen molar-refractivity contribution in [3.63, 3.8) is 0 Å². The summed E-state index contributed by atoms with van der Waals surface area (Å²) in [6.07, 6.45) is -4.01. The summed E-state index contributed by atoms with van der Waals surface area (Å²) in [5.41, 5.74) is -2.56. The Hall–Kier alpha value is -2.00. The number of aliphatic carboxylic acids is 1. The van der Waals surface area contributed by atoms with Gasteiger partial charge in [-0.3, -0.25) is 0 Å². The van der Waals surface area contributed by atoms with Crippen LogP contribution in [0.25, 0.3) is 0 Å². The summed E-state index contributed by atoms with van der Waals surface area (Å²) in [5, 5.41) is 44.3. The Labute approximate surface area is 87.8 Å². The van der Waals surface area contributed by atoms with E-state index >= 15 is 0 Å². The molecule has 0 bridgehead atoms. The van der Waals surface area contributed by atoms with Crippen LogP contribution in [-0.4, -0.2) is 56.0 Å². The van der Waals surface area contributed by atoms with Gasteiger partial charge in [0.2, 0.25) is 5.76 Å². The molecule has 1 aliphatic rings. The molecule has 1 rings (SSSR count). The molecule has 1 heterocycles. The minimum absolute atomic E-state index is 0.982. The number of hydrogen-bond acceptors (Lipinski definition) is 7. The summed E-state index contributed by atoms with van der Waals surface area (Å²) in [4.78, 5) is 20.9. The van der Waals surface area contributed by atoms with E-state index in [9.17, 15) is 14.7 Å². The van der Waals surface area contributed by atoms with Gasteiger partial charge in [0.15, 0.2) is 6.10 Å². The van der Waals surface area contributed by atoms with Crippen molar-refractivity contribution in [2.75, 3.05) is 6.61 Å². The van der Waals surface area contributed by atoms with Crippen molar-refractivity contribution in [2.45, 2.75) is 11.7 Å². The molecule has 9 heteroatoms. The molecule has 5 N–H and O–H groups in total. The van der Waals surface area contributed by atoms with Crippen LogP contribution >= 0.6 is 0 Å². The van der Waals surface area contributed by atoms with Crippen molar-refractivity contribution in [2.24, 2.45) is 0 Å². The Bertz CT molecular complexity index is 359. The summed E-state index contributed by atoms with van der Waals surface area (Å²) in [6.45, 7) is -1.18. The molecular weight excluding hydrogens is 228 g/mol. The van der Waals surface area contributed by atoms with Gasteiger partial charge < -0.3 is 35.0 Å². The summed E-state index contributed by atoms with van der Waals surface area (Å²) in [6, 6.07) is 0. The zero-order valence-electron chi connectivity index (χ0n) is 7.65. The number of carboxylic acids is 1. The minimum Gasteiger partial charge on any atom is -0.478 e. The number of ether oxygens (including phenoxy) is 2. The maximum atomic E-state index is 10.8. The first kappa shape index (κ1) is 12.1. The third kappa shape index (κ3) is 1.61. The first-order chi connectivity index (χ1) is 7.35. The second-order valence-electron chi connectivity index (χ2n) is 2.89. The maximum Gasteiger partial charge on any atom is 0.511 e. The average molecular weight is 236 g/mol. The van der Waals surface area contributed by atoms with Crippen LogP contribution in [0.3, 0.4) is 0 Å². The fraction of sp³-hybridized carbons (Fsp3) is 0.429. The van der Waals surface area contributed by atoms with Crippen LogP contribution in [0.1, 0.15) is 0 Å². The first-order valence-electron chi connectivity index (χ1n) is 3.90. The van der Waals surface area contributed by atoms with E-state index in [4.69, 9.17) is 20.4 Å². The Morgan fingerprint density at radius 3 is 2.31 bits per heavy atom. The second-order valence-corrected chi connectivity index (χ2v) is 2.89. The molecular formula is C7H8O9. The molecule has 1 aliphatic heterocycles. The molecule has 16 heavy (non-hydrogen) atoms. The van der Waals surface area contributed by atoms with Gasteiger partial charge >= 0.3 is 18.1 Å². The predicted octanol–water partition coefficient (Wildman–Crippen LogP) is -1.39. The molecule has 0 spiro atoms. The standard InChI is InChI=1S/C7H8O9/c8-1-7(5(11)12)3(9)2(4(10)16-7)15-6(13)14/h3,8-10H,1H2,(H,11,12)(H,13,14)/t3-,7-/m1/s1. The highest BCUT2D eigenvalue weighted by molar-refractivity contribution is 5.80. The lowest BCUT2D eigenvalue weighted by molar-refractivity contribution is -0.178. The number of hydrogen-bond donors (Lipinski definition) is 5. The van der Waals surface area contributed by atoms with Crippen molar-refractivity contribution in [3.05, 3.63) is 11.7 Å². The highest BCUT2D eigenvalue weighted by atomic mass is 16.7. The Morgan fingerprint density at radius 1 is 1.44 bits per heavy atom. The fourth-order valence-corrected chi connectivity index (χ4v) is 1.15. The normalized spacial score (nSPS) is 28.8. The second kappa shape index (κ2) is 3.87. The summed E-state index contributed by atoms with van der Waals surface area (Å²) in [7, 11) is 0. The van der Waals surface area contributed by atoms with Gasteiger partial charge in [0, 0.05) is 0 Å². The molecule has 0 aromatic carbocycles. The maximum absolute atomic E-state index is 10.8. The third-order valence-electron chi connectivity index (χ3n) is 1.97. The van der Waals surface area contributed by atoms with E-state index in [1.165, 1.54) is 0 Å². The van der Waals surface area contributed by atoms with Crippen LogP contribution in [-0.2, 0) is 14.3 Å². The predicted molar refractivity (Wildman–Crippen MR) is 43.3 cm³/mol. The molecule has 9 nitrogen and oxygen atoms in total. The highest BCUT2D eigenvalue weighted by Gasteiger charge is 2.58. The van der Waals surface area contributed by atoms with Crippen LogP contribution in [0.2, 0.25) is 0 Å². The Morgan fingerprint density at radius 2 is 2.00 bits per heavy atom. The van der Waals surface area contributed by atoms with Gasteiger partial charge in [-0.1, -0.05) is 0 Å². The van der Waals surface area contributed by atoms with Crippen LogP contribution < -0.4 is 0 Å². The van der Waals surface area contributed by atoms with Crippen molar-refractivity contribution >= 4 is 12.1 Å². The van der Waals surface area contributed by atoms with Gasteiger partial charge in [-0.05, 0) is 0 Å². The Balaban J connectivity index is 3.04. The van der Waals surface area contributed by atoms with Crippen LogP contribution in [0.5, 0.6) is 0 Å². The number of carbonyl (C=O) groups is 2. The quantitative estimate of drug-likeness (QED) is 0.372. The molecule has 0 unspecified atom stereocenters. The highest BCUT2D eigenvalue weighted by Crippen LogP contribution is 2.34. The minimum atomic E-state index is -2.56. The molecule has 0 aliphatic carbocycles. The van der Waals surface area contributed by atoms with E-state index in [1.54, 1.807) is 0 Å². The molecule has 0 saturated heterocycles. The van der Waals surface area contributed by atoms with E-state index < -0.39 is 42.1 Å². The van der Waals surface area contributed by atoms with E-state index in [-0.39, 0.29) is 0 Å². The topological polar surface area (TPSA) is 154 Å². The largest absolute Gasteiger partial charge is 0.511 e. The molecule has 0 aromatic heterocycles. The number of carboxylic acid groups (broad SMARTS) is 2. The molecule has 90 valence electrons. The molecule has 2 atom stereocenters. The van der Waals surface area contributed by atoms with E-state index in [2.05, 4.69) is 9.47 Å². The van der Waals surface area contributed by atoms with Gasteiger partial charge in [-0.15, -0.1) is 0 Å². The lowest BCUT2D eigenvalue weighted by atomic mass is 9.98. The van der Waals surface area contributed by atoms with Crippen molar-refractivity contribution in [3.8, 4) is 0 Å². The van der Waals surface area contributed by atoms with Gasteiger partial charge in [-0.2, -0.15) is 0 Å². The monoisotopic (exact) mass is 236 g/mol.